The minimum Gasteiger partial charge on any atom is -0.365 e. The van der Waals surface area contributed by atoms with E-state index in [2.05, 4.69) is 41.9 Å². The summed E-state index contributed by atoms with van der Waals surface area (Å²) in [5.41, 5.74) is 6.58. The summed E-state index contributed by atoms with van der Waals surface area (Å²) in [7, 11) is 0. The number of aromatic amines is 1. The number of anilines is 1. The molecular formula is C25H27N5O. The van der Waals surface area contributed by atoms with Gasteiger partial charge in [-0.05, 0) is 37.6 Å². The highest BCUT2D eigenvalue weighted by atomic mass is 16.2. The molecule has 0 atom stereocenters. The summed E-state index contributed by atoms with van der Waals surface area (Å²) in [6.45, 7) is 7.30. The van der Waals surface area contributed by atoms with Crippen molar-refractivity contribution in [1.82, 2.24) is 19.7 Å². The molecule has 5 rings (SSSR count). The zero-order valence-electron chi connectivity index (χ0n) is 18.0. The molecule has 0 radical (unpaired) electrons. The van der Waals surface area contributed by atoms with Crippen LogP contribution in [-0.4, -0.2) is 51.8 Å². The van der Waals surface area contributed by atoms with E-state index in [4.69, 9.17) is 5.10 Å². The number of hydrogen-bond donors (Lipinski definition) is 1. The Morgan fingerprint density at radius 1 is 0.968 bits per heavy atom. The number of H-pyrrole nitrogens is 1. The molecule has 31 heavy (non-hydrogen) atoms. The lowest BCUT2D eigenvalue weighted by Crippen LogP contribution is -2.49. The number of piperazine rings is 1. The van der Waals surface area contributed by atoms with Crippen LogP contribution in [0.1, 0.15) is 17.0 Å². The number of carbonyl (C=O) groups is 1. The summed E-state index contributed by atoms with van der Waals surface area (Å²) in [4.78, 5) is 20.6. The van der Waals surface area contributed by atoms with E-state index in [1.807, 2.05) is 52.2 Å². The van der Waals surface area contributed by atoms with Crippen LogP contribution in [0.5, 0.6) is 0 Å². The molecular weight excluding hydrogens is 386 g/mol. The van der Waals surface area contributed by atoms with Gasteiger partial charge in [-0.2, -0.15) is 5.10 Å². The van der Waals surface area contributed by atoms with E-state index in [9.17, 15) is 4.79 Å². The van der Waals surface area contributed by atoms with Crippen LogP contribution in [0.25, 0.3) is 16.6 Å². The third-order valence-corrected chi connectivity index (χ3v) is 6.22. The van der Waals surface area contributed by atoms with Crippen molar-refractivity contribution in [2.75, 3.05) is 31.1 Å². The second-order valence-electron chi connectivity index (χ2n) is 8.17. The Morgan fingerprint density at radius 2 is 1.68 bits per heavy atom. The molecule has 0 spiro atoms. The Labute approximate surface area is 182 Å². The summed E-state index contributed by atoms with van der Waals surface area (Å²) in [6.07, 6.45) is 2.40. The quantitative estimate of drug-likeness (QED) is 0.553. The van der Waals surface area contributed by atoms with Gasteiger partial charge in [-0.25, -0.2) is 4.68 Å². The number of aromatic nitrogens is 3. The molecule has 1 amide bonds. The van der Waals surface area contributed by atoms with Gasteiger partial charge in [0.1, 0.15) is 0 Å². The van der Waals surface area contributed by atoms with Crippen LogP contribution in [-0.2, 0) is 11.2 Å². The van der Waals surface area contributed by atoms with Gasteiger partial charge in [0.25, 0.3) is 0 Å². The van der Waals surface area contributed by atoms with Crippen molar-refractivity contribution in [2.45, 2.75) is 20.3 Å². The van der Waals surface area contributed by atoms with Gasteiger partial charge in [-0.1, -0.05) is 36.4 Å². The molecule has 2 aromatic carbocycles. The van der Waals surface area contributed by atoms with Gasteiger partial charge < -0.3 is 14.8 Å². The summed E-state index contributed by atoms with van der Waals surface area (Å²) >= 11 is 0. The van der Waals surface area contributed by atoms with Crippen LogP contribution in [0.15, 0.2) is 60.8 Å². The molecule has 1 aliphatic heterocycles. The first kappa shape index (κ1) is 19.4. The molecule has 3 heterocycles. The summed E-state index contributed by atoms with van der Waals surface area (Å²) in [5, 5.41) is 5.91. The van der Waals surface area contributed by atoms with Gasteiger partial charge in [-0.3, -0.25) is 4.79 Å². The molecule has 1 aliphatic rings. The number of hydrogen-bond acceptors (Lipinski definition) is 3. The number of amides is 1. The maximum atomic E-state index is 13.0. The van der Waals surface area contributed by atoms with Crippen molar-refractivity contribution in [3.63, 3.8) is 0 Å². The van der Waals surface area contributed by atoms with Crippen LogP contribution in [0, 0.1) is 13.8 Å². The van der Waals surface area contributed by atoms with E-state index in [0.29, 0.717) is 6.42 Å². The number of rotatable bonds is 4. The molecule has 1 saturated heterocycles. The first-order chi connectivity index (χ1) is 15.1. The number of aryl methyl sites for hydroxylation is 1. The average molecular weight is 414 g/mol. The molecule has 0 saturated carbocycles. The number of nitrogens with zero attached hydrogens (tertiary/aromatic N) is 4. The molecule has 0 aliphatic carbocycles. The van der Waals surface area contributed by atoms with Crippen LogP contribution in [0.2, 0.25) is 0 Å². The smallest absolute Gasteiger partial charge is 0.227 e. The van der Waals surface area contributed by atoms with Crippen molar-refractivity contribution >= 4 is 22.5 Å². The summed E-state index contributed by atoms with van der Waals surface area (Å²) < 4.78 is 2.01. The monoisotopic (exact) mass is 413 g/mol. The fraction of sp³-hybridized carbons (Fsp3) is 0.280. The number of fused-ring (bicyclic) bond motifs is 1. The third-order valence-electron chi connectivity index (χ3n) is 6.22. The second kappa shape index (κ2) is 7.95. The van der Waals surface area contributed by atoms with E-state index in [1.54, 1.807) is 0 Å². The molecule has 0 unspecified atom stereocenters. The van der Waals surface area contributed by atoms with Crippen molar-refractivity contribution in [3.05, 3.63) is 77.7 Å². The van der Waals surface area contributed by atoms with Crippen molar-refractivity contribution in [1.29, 1.82) is 0 Å². The highest BCUT2D eigenvalue weighted by Crippen LogP contribution is 2.28. The minimum absolute atomic E-state index is 0.192. The zero-order valence-corrected chi connectivity index (χ0v) is 18.0. The van der Waals surface area contributed by atoms with Gasteiger partial charge in [0.2, 0.25) is 5.91 Å². The van der Waals surface area contributed by atoms with Crippen molar-refractivity contribution < 1.29 is 4.79 Å². The van der Waals surface area contributed by atoms with E-state index in [0.717, 1.165) is 59.7 Å². The van der Waals surface area contributed by atoms with Crippen LogP contribution < -0.4 is 4.90 Å². The highest BCUT2D eigenvalue weighted by Gasteiger charge is 2.26. The Bertz CT molecular complexity index is 1220. The molecule has 6 heteroatoms. The Balaban J connectivity index is 1.27. The molecule has 1 fully saturated rings. The zero-order chi connectivity index (χ0) is 21.4. The van der Waals surface area contributed by atoms with Gasteiger partial charge in [0.05, 0.1) is 29.2 Å². The molecule has 158 valence electrons. The third kappa shape index (κ3) is 3.58. The van der Waals surface area contributed by atoms with Crippen LogP contribution >= 0.6 is 0 Å². The summed E-state index contributed by atoms with van der Waals surface area (Å²) in [5.74, 6) is 0.192. The maximum absolute atomic E-state index is 13.0. The molecule has 4 aromatic rings. The first-order valence-electron chi connectivity index (χ1n) is 10.8. The molecule has 1 N–H and O–H groups in total. The lowest BCUT2D eigenvalue weighted by molar-refractivity contribution is -0.130. The number of carbonyl (C=O) groups excluding carboxylic acids is 1. The second-order valence-corrected chi connectivity index (χ2v) is 8.17. The SMILES string of the molecule is Cc1nn(-c2ccccc2)c(C)c1N1CCN(C(=O)Cc2c[nH]c3ccccc23)CC1. The summed E-state index contributed by atoms with van der Waals surface area (Å²) in [6, 6.07) is 18.4. The minimum atomic E-state index is 0.192. The lowest BCUT2D eigenvalue weighted by Gasteiger charge is -2.36. The van der Waals surface area contributed by atoms with Gasteiger partial charge in [-0.15, -0.1) is 0 Å². The highest BCUT2D eigenvalue weighted by molar-refractivity contribution is 5.89. The van der Waals surface area contributed by atoms with Gasteiger partial charge in [0, 0.05) is 43.3 Å². The Kier molecular flexibility index (Phi) is 4.98. The van der Waals surface area contributed by atoms with Gasteiger partial charge >= 0.3 is 0 Å². The number of nitrogens with one attached hydrogen (secondary N) is 1. The van der Waals surface area contributed by atoms with E-state index in [1.165, 1.54) is 5.69 Å². The Hall–Kier alpha value is -3.54. The van der Waals surface area contributed by atoms with Crippen LogP contribution in [0.4, 0.5) is 5.69 Å². The van der Waals surface area contributed by atoms with Gasteiger partial charge in [0.15, 0.2) is 0 Å². The van der Waals surface area contributed by atoms with E-state index in [-0.39, 0.29) is 5.91 Å². The van der Waals surface area contributed by atoms with E-state index < -0.39 is 0 Å². The number of benzene rings is 2. The predicted molar refractivity (Wildman–Crippen MR) is 124 cm³/mol. The molecule has 6 nitrogen and oxygen atoms in total. The Morgan fingerprint density at radius 3 is 2.45 bits per heavy atom. The largest absolute Gasteiger partial charge is 0.365 e. The van der Waals surface area contributed by atoms with Crippen LogP contribution in [0.3, 0.4) is 0 Å². The average Bonchev–Trinajstić information content (AvgIpc) is 3.34. The van der Waals surface area contributed by atoms with Crippen molar-refractivity contribution in [3.8, 4) is 5.69 Å². The fourth-order valence-corrected chi connectivity index (χ4v) is 4.64. The van der Waals surface area contributed by atoms with Crippen molar-refractivity contribution in [2.24, 2.45) is 0 Å². The molecule has 2 aromatic heterocycles. The standard InChI is InChI=1S/C25H27N5O/c1-18-25(19(2)30(27-18)21-8-4-3-5-9-21)29-14-12-28(13-15-29)24(31)16-20-17-26-23-11-7-6-10-22(20)23/h3-11,17,26H,12-16H2,1-2H3. The molecule has 0 bridgehead atoms. The first-order valence-corrected chi connectivity index (χ1v) is 10.8. The predicted octanol–water partition coefficient (Wildman–Crippen LogP) is 3.86. The maximum Gasteiger partial charge on any atom is 0.227 e. The topological polar surface area (TPSA) is 57.2 Å². The number of para-hydroxylation sites is 2. The normalized spacial score (nSPS) is 14.4. The fourth-order valence-electron chi connectivity index (χ4n) is 4.64. The lowest BCUT2D eigenvalue weighted by atomic mass is 10.1. The van der Waals surface area contributed by atoms with E-state index >= 15 is 0 Å².